The molecule has 0 spiro atoms. The van der Waals surface area contributed by atoms with Crippen LogP contribution in [0.25, 0.3) is 6.08 Å². The zero-order chi connectivity index (χ0) is 15.1. The van der Waals surface area contributed by atoms with Crippen LogP contribution in [0.1, 0.15) is 12.0 Å². The Kier molecular flexibility index (Phi) is 5.40. The summed E-state index contributed by atoms with van der Waals surface area (Å²) in [6.07, 6.45) is 1.66. The molecule has 6 nitrogen and oxygen atoms in total. The first kappa shape index (κ1) is 15.4. The van der Waals surface area contributed by atoms with E-state index >= 15 is 0 Å². The minimum absolute atomic E-state index is 0.185. The zero-order valence-electron chi connectivity index (χ0n) is 10.4. The third-order valence-corrected chi connectivity index (χ3v) is 2.34. The maximum Gasteiger partial charge on any atom is 0.326 e. The van der Waals surface area contributed by atoms with E-state index in [0.717, 1.165) is 6.08 Å². The van der Waals surface area contributed by atoms with Gasteiger partial charge in [-0.15, -0.1) is 0 Å². The van der Waals surface area contributed by atoms with Gasteiger partial charge < -0.3 is 16.2 Å². The number of benzene rings is 1. The number of nitrogens with one attached hydrogen (secondary N) is 1. The van der Waals surface area contributed by atoms with Crippen LogP contribution in [0.2, 0.25) is 0 Å². The largest absolute Gasteiger partial charge is 0.480 e. The van der Waals surface area contributed by atoms with Crippen molar-refractivity contribution in [2.45, 2.75) is 12.5 Å². The molecule has 0 unspecified atom stereocenters. The molecule has 0 aromatic heterocycles. The summed E-state index contributed by atoms with van der Waals surface area (Å²) in [7, 11) is 0. The van der Waals surface area contributed by atoms with Gasteiger partial charge in [-0.1, -0.05) is 18.2 Å². The number of primary amides is 1. The fourth-order valence-electron chi connectivity index (χ4n) is 1.40. The van der Waals surface area contributed by atoms with Crippen molar-refractivity contribution in [3.8, 4) is 0 Å². The van der Waals surface area contributed by atoms with E-state index in [-0.39, 0.29) is 5.56 Å². The summed E-state index contributed by atoms with van der Waals surface area (Å²) in [5, 5.41) is 10.9. The Morgan fingerprint density at radius 2 is 2.00 bits per heavy atom. The van der Waals surface area contributed by atoms with Crippen LogP contribution in [-0.4, -0.2) is 28.9 Å². The Bertz CT molecular complexity index is 557. The van der Waals surface area contributed by atoms with Crippen LogP contribution in [0.3, 0.4) is 0 Å². The van der Waals surface area contributed by atoms with E-state index in [1.54, 1.807) is 6.07 Å². The number of amides is 2. The third-order valence-electron chi connectivity index (χ3n) is 2.34. The van der Waals surface area contributed by atoms with E-state index in [9.17, 15) is 18.8 Å². The van der Waals surface area contributed by atoms with Crippen LogP contribution in [0.4, 0.5) is 4.39 Å². The van der Waals surface area contributed by atoms with E-state index < -0.39 is 36.1 Å². The molecule has 0 heterocycles. The van der Waals surface area contributed by atoms with Gasteiger partial charge in [-0.2, -0.15) is 0 Å². The fourth-order valence-corrected chi connectivity index (χ4v) is 1.40. The number of hydrogen-bond donors (Lipinski definition) is 3. The summed E-state index contributed by atoms with van der Waals surface area (Å²) in [5.41, 5.74) is 5.06. The minimum atomic E-state index is -1.41. The molecule has 1 aromatic carbocycles. The van der Waals surface area contributed by atoms with Gasteiger partial charge in [0, 0.05) is 11.6 Å². The molecule has 0 aliphatic heterocycles. The summed E-state index contributed by atoms with van der Waals surface area (Å²) < 4.78 is 13.3. The summed E-state index contributed by atoms with van der Waals surface area (Å²) >= 11 is 0. The molecule has 1 aromatic rings. The number of aliphatic carboxylic acids is 1. The summed E-state index contributed by atoms with van der Waals surface area (Å²) in [6.45, 7) is 0. The van der Waals surface area contributed by atoms with Gasteiger partial charge in [0.15, 0.2) is 0 Å². The van der Waals surface area contributed by atoms with Crippen molar-refractivity contribution in [2.75, 3.05) is 0 Å². The van der Waals surface area contributed by atoms with Crippen molar-refractivity contribution in [3.63, 3.8) is 0 Å². The molecule has 7 heteroatoms. The van der Waals surface area contributed by atoms with Gasteiger partial charge in [-0.25, -0.2) is 9.18 Å². The van der Waals surface area contributed by atoms with Crippen molar-refractivity contribution in [2.24, 2.45) is 5.73 Å². The Morgan fingerprint density at radius 3 is 2.55 bits per heavy atom. The Hall–Kier alpha value is -2.70. The van der Waals surface area contributed by atoms with Crippen LogP contribution in [0, 0.1) is 5.82 Å². The predicted molar refractivity (Wildman–Crippen MR) is 68.8 cm³/mol. The zero-order valence-corrected chi connectivity index (χ0v) is 10.4. The molecular weight excluding hydrogens is 267 g/mol. The van der Waals surface area contributed by atoms with Crippen molar-refractivity contribution in [1.82, 2.24) is 5.32 Å². The molecule has 20 heavy (non-hydrogen) atoms. The average Bonchev–Trinajstić information content (AvgIpc) is 2.36. The van der Waals surface area contributed by atoms with Crippen molar-refractivity contribution in [3.05, 3.63) is 41.7 Å². The molecule has 0 aliphatic rings. The lowest BCUT2D eigenvalue weighted by Gasteiger charge is -2.10. The molecule has 1 rings (SSSR count). The SMILES string of the molecule is NC(=O)C[C@@H](NC(=O)/C=C/c1ccccc1F)C(=O)O. The second-order valence-electron chi connectivity index (χ2n) is 3.92. The predicted octanol–water partition coefficient (Wildman–Crippen LogP) is 0.284. The number of carbonyl (C=O) groups excluding carboxylic acids is 2. The normalized spacial score (nSPS) is 12.1. The highest BCUT2D eigenvalue weighted by atomic mass is 19.1. The van der Waals surface area contributed by atoms with E-state index in [2.05, 4.69) is 5.32 Å². The minimum Gasteiger partial charge on any atom is -0.480 e. The highest BCUT2D eigenvalue weighted by Gasteiger charge is 2.20. The van der Waals surface area contributed by atoms with Gasteiger partial charge >= 0.3 is 5.97 Å². The molecule has 0 radical (unpaired) electrons. The van der Waals surface area contributed by atoms with E-state index in [1.807, 2.05) is 0 Å². The second-order valence-corrected chi connectivity index (χ2v) is 3.92. The molecule has 0 aliphatic carbocycles. The van der Waals surface area contributed by atoms with Crippen LogP contribution >= 0.6 is 0 Å². The lowest BCUT2D eigenvalue weighted by atomic mass is 10.2. The van der Waals surface area contributed by atoms with Crippen LogP contribution in [-0.2, 0) is 14.4 Å². The van der Waals surface area contributed by atoms with Gasteiger partial charge in [0.2, 0.25) is 11.8 Å². The van der Waals surface area contributed by atoms with E-state index in [4.69, 9.17) is 10.8 Å². The lowest BCUT2D eigenvalue weighted by Crippen LogP contribution is -2.42. The molecule has 0 saturated carbocycles. The third kappa shape index (κ3) is 4.89. The number of carboxylic acid groups (broad SMARTS) is 1. The number of carbonyl (C=O) groups is 3. The average molecular weight is 280 g/mol. The monoisotopic (exact) mass is 280 g/mol. The van der Waals surface area contributed by atoms with Gasteiger partial charge in [0.25, 0.3) is 0 Å². The second kappa shape index (κ2) is 7.03. The Labute approximate surface area is 114 Å². The molecule has 4 N–H and O–H groups in total. The van der Waals surface area contributed by atoms with Crippen LogP contribution in [0.15, 0.2) is 30.3 Å². The van der Waals surface area contributed by atoms with Crippen LogP contribution < -0.4 is 11.1 Å². The van der Waals surface area contributed by atoms with Gasteiger partial charge in [-0.05, 0) is 12.1 Å². The summed E-state index contributed by atoms with van der Waals surface area (Å²) in [6, 6.07) is 4.36. The van der Waals surface area contributed by atoms with Crippen molar-refractivity contribution in [1.29, 1.82) is 0 Å². The van der Waals surface area contributed by atoms with Crippen molar-refractivity contribution >= 4 is 23.9 Å². The van der Waals surface area contributed by atoms with Crippen molar-refractivity contribution < 1.29 is 23.9 Å². The summed E-state index contributed by atoms with van der Waals surface area (Å²) in [4.78, 5) is 32.9. The van der Waals surface area contributed by atoms with Gasteiger partial charge in [0.1, 0.15) is 11.9 Å². The molecule has 0 fully saturated rings. The molecule has 0 bridgehead atoms. The van der Waals surface area contributed by atoms with Gasteiger partial charge in [0.05, 0.1) is 6.42 Å². The van der Waals surface area contributed by atoms with Gasteiger partial charge in [-0.3, -0.25) is 9.59 Å². The molecule has 2 amide bonds. The Morgan fingerprint density at radius 1 is 1.35 bits per heavy atom. The standard InChI is InChI=1S/C13H13FN2O4/c14-9-4-2-1-3-8(9)5-6-12(18)16-10(13(19)20)7-11(15)17/h1-6,10H,7H2,(H2,15,17)(H,16,18)(H,19,20)/b6-5+/t10-/m1/s1. The molecular formula is C13H13FN2O4. The first-order chi connectivity index (χ1) is 9.40. The quantitative estimate of drug-likeness (QED) is 0.650. The maximum atomic E-state index is 13.3. The molecule has 106 valence electrons. The van der Waals surface area contributed by atoms with E-state index in [1.165, 1.54) is 24.3 Å². The number of carboxylic acids is 1. The van der Waals surface area contributed by atoms with Crippen LogP contribution in [0.5, 0.6) is 0 Å². The topological polar surface area (TPSA) is 109 Å². The Balaban J connectivity index is 2.69. The molecule has 1 atom stereocenters. The smallest absolute Gasteiger partial charge is 0.326 e. The first-order valence-electron chi connectivity index (χ1n) is 5.64. The molecule has 0 saturated heterocycles. The van der Waals surface area contributed by atoms with E-state index in [0.29, 0.717) is 0 Å². The maximum absolute atomic E-state index is 13.3. The number of rotatable bonds is 6. The highest BCUT2D eigenvalue weighted by molar-refractivity contribution is 5.95. The lowest BCUT2D eigenvalue weighted by molar-refractivity contribution is -0.142. The summed E-state index contributed by atoms with van der Waals surface area (Å²) in [5.74, 6) is -3.50. The fraction of sp³-hybridized carbons (Fsp3) is 0.154. The first-order valence-corrected chi connectivity index (χ1v) is 5.64. The number of halogens is 1. The highest BCUT2D eigenvalue weighted by Crippen LogP contribution is 2.07. The number of nitrogens with two attached hydrogens (primary N) is 1. The number of hydrogen-bond acceptors (Lipinski definition) is 3.